The molecule has 4 rings (SSSR count). The lowest BCUT2D eigenvalue weighted by atomic mass is 10.1. The Morgan fingerprint density at radius 1 is 1.03 bits per heavy atom. The molecular weight excluding hydrogens is 514 g/mol. The first-order valence-electron chi connectivity index (χ1n) is 10.8. The summed E-state index contributed by atoms with van der Waals surface area (Å²) in [5, 5.41) is 3.27. The average Bonchev–Trinajstić information content (AvgIpc) is 3.08. The zero-order valence-corrected chi connectivity index (χ0v) is 21.0. The second kappa shape index (κ2) is 10.8. The minimum atomic E-state index is -0.686. The summed E-state index contributed by atoms with van der Waals surface area (Å²) >= 11 is 9.12. The van der Waals surface area contributed by atoms with Crippen molar-refractivity contribution in [1.29, 1.82) is 0 Å². The standard InChI is InChI=1S/C26H24BrN3O3S/c1-33-22-13-11-21(12-14-22)30-25(32)23(17-24(31)28-20-9-7-19(27)8-10-20)29(26(30)34)16-15-18-5-3-2-4-6-18/h2-14,23H,15-17H2,1H3,(H,28,31). The summed E-state index contributed by atoms with van der Waals surface area (Å²) in [4.78, 5) is 29.7. The lowest BCUT2D eigenvalue weighted by Crippen LogP contribution is -2.39. The van der Waals surface area contributed by atoms with Gasteiger partial charge in [0.1, 0.15) is 11.8 Å². The predicted molar refractivity (Wildman–Crippen MR) is 141 cm³/mol. The van der Waals surface area contributed by atoms with Gasteiger partial charge in [-0.15, -0.1) is 0 Å². The quantitative estimate of drug-likeness (QED) is 0.408. The van der Waals surface area contributed by atoms with E-state index in [2.05, 4.69) is 21.2 Å². The topological polar surface area (TPSA) is 61.9 Å². The molecular formula is C26H24BrN3O3S. The molecule has 1 N–H and O–H groups in total. The minimum Gasteiger partial charge on any atom is -0.497 e. The lowest BCUT2D eigenvalue weighted by Gasteiger charge is -2.24. The molecule has 34 heavy (non-hydrogen) atoms. The van der Waals surface area contributed by atoms with Crippen LogP contribution in [0.1, 0.15) is 12.0 Å². The van der Waals surface area contributed by atoms with Crippen LogP contribution in [0.25, 0.3) is 0 Å². The van der Waals surface area contributed by atoms with Crippen molar-refractivity contribution >= 4 is 56.4 Å². The fourth-order valence-electron chi connectivity index (χ4n) is 3.87. The van der Waals surface area contributed by atoms with Crippen molar-refractivity contribution in [2.75, 3.05) is 23.9 Å². The molecule has 6 nitrogen and oxygen atoms in total. The number of nitrogens with zero attached hydrogens (tertiary/aromatic N) is 2. The van der Waals surface area contributed by atoms with Gasteiger partial charge in [0.2, 0.25) is 5.91 Å². The van der Waals surface area contributed by atoms with Crippen molar-refractivity contribution in [2.24, 2.45) is 0 Å². The van der Waals surface area contributed by atoms with Crippen molar-refractivity contribution in [1.82, 2.24) is 4.90 Å². The van der Waals surface area contributed by atoms with Gasteiger partial charge in [0.05, 0.1) is 19.2 Å². The fraction of sp³-hybridized carbons (Fsp3) is 0.192. The molecule has 1 unspecified atom stereocenters. The normalized spacial score (nSPS) is 15.5. The first kappa shape index (κ1) is 23.9. The van der Waals surface area contributed by atoms with E-state index in [4.69, 9.17) is 17.0 Å². The summed E-state index contributed by atoms with van der Waals surface area (Å²) in [6, 6.07) is 23.8. The van der Waals surface area contributed by atoms with E-state index in [-0.39, 0.29) is 18.2 Å². The number of ether oxygens (including phenoxy) is 1. The van der Waals surface area contributed by atoms with Gasteiger partial charge in [-0.25, -0.2) is 0 Å². The van der Waals surface area contributed by atoms with Crippen molar-refractivity contribution in [3.8, 4) is 5.75 Å². The van der Waals surface area contributed by atoms with Crippen LogP contribution in [-0.4, -0.2) is 41.5 Å². The Morgan fingerprint density at radius 3 is 2.35 bits per heavy atom. The average molecular weight is 538 g/mol. The first-order chi connectivity index (χ1) is 16.5. The van der Waals surface area contributed by atoms with Gasteiger partial charge < -0.3 is 15.0 Å². The van der Waals surface area contributed by atoms with Crippen molar-refractivity contribution < 1.29 is 14.3 Å². The van der Waals surface area contributed by atoms with E-state index >= 15 is 0 Å². The maximum atomic E-state index is 13.5. The van der Waals surface area contributed by atoms with E-state index in [1.165, 1.54) is 4.90 Å². The summed E-state index contributed by atoms with van der Waals surface area (Å²) in [5.74, 6) is 0.228. The molecule has 1 atom stereocenters. The SMILES string of the molecule is COc1ccc(N2C(=O)C(CC(=O)Nc3ccc(Br)cc3)N(CCc3ccccc3)C2=S)cc1. The van der Waals surface area contributed by atoms with E-state index in [0.29, 0.717) is 35.2 Å². The molecule has 1 aliphatic rings. The van der Waals surface area contributed by atoms with Crippen LogP contribution < -0.4 is 15.0 Å². The smallest absolute Gasteiger partial charge is 0.256 e. The fourth-order valence-corrected chi connectivity index (χ4v) is 4.55. The second-order valence-electron chi connectivity index (χ2n) is 7.86. The number of hydrogen-bond donors (Lipinski definition) is 1. The third-order valence-corrected chi connectivity index (χ3v) is 6.59. The van der Waals surface area contributed by atoms with Gasteiger partial charge >= 0.3 is 0 Å². The minimum absolute atomic E-state index is 0.00349. The molecule has 0 aromatic heterocycles. The number of halogens is 1. The van der Waals surface area contributed by atoms with Gasteiger partial charge in [0.15, 0.2) is 5.11 Å². The number of carbonyl (C=O) groups is 2. The molecule has 0 aliphatic carbocycles. The number of amides is 2. The van der Waals surface area contributed by atoms with Crippen LogP contribution in [0.2, 0.25) is 0 Å². The maximum absolute atomic E-state index is 13.5. The molecule has 174 valence electrons. The third-order valence-electron chi connectivity index (χ3n) is 5.64. The Balaban J connectivity index is 1.55. The predicted octanol–water partition coefficient (Wildman–Crippen LogP) is 5.03. The summed E-state index contributed by atoms with van der Waals surface area (Å²) in [6.07, 6.45) is 0.700. The van der Waals surface area contributed by atoms with Crippen LogP contribution in [0.5, 0.6) is 5.75 Å². The van der Waals surface area contributed by atoms with Crippen LogP contribution in [0.3, 0.4) is 0 Å². The van der Waals surface area contributed by atoms with Crippen LogP contribution in [0, 0.1) is 0 Å². The molecule has 8 heteroatoms. The third kappa shape index (κ3) is 5.46. The molecule has 1 aliphatic heterocycles. The van der Waals surface area contributed by atoms with Gasteiger partial charge in [-0.3, -0.25) is 14.5 Å². The highest BCUT2D eigenvalue weighted by Gasteiger charge is 2.43. The first-order valence-corrected chi connectivity index (χ1v) is 12.0. The number of rotatable bonds is 8. The highest BCUT2D eigenvalue weighted by Crippen LogP contribution is 2.29. The number of anilines is 2. The molecule has 3 aromatic rings. The summed E-state index contributed by atoms with van der Waals surface area (Å²) < 4.78 is 6.15. The second-order valence-corrected chi connectivity index (χ2v) is 9.14. The molecule has 1 fully saturated rings. The molecule has 0 bridgehead atoms. The van der Waals surface area contributed by atoms with E-state index in [1.807, 2.05) is 47.4 Å². The largest absolute Gasteiger partial charge is 0.497 e. The van der Waals surface area contributed by atoms with Gasteiger partial charge in [-0.1, -0.05) is 46.3 Å². The molecule has 0 radical (unpaired) electrons. The van der Waals surface area contributed by atoms with Gasteiger partial charge in [0, 0.05) is 16.7 Å². The monoisotopic (exact) mass is 537 g/mol. The number of thiocarbonyl (C=S) groups is 1. The highest BCUT2D eigenvalue weighted by molar-refractivity contribution is 9.10. The molecule has 0 spiro atoms. The summed E-state index contributed by atoms with van der Waals surface area (Å²) in [5.41, 5.74) is 2.46. The van der Waals surface area contributed by atoms with E-state index in [0.717, 1.165) is 10.0 Å². The number of nitrogens with one attached hydrogen (secondary N) is 1. The molecule has 3 aromatic carbocycles. The number of hydrogen-bond acceptors (Lipinski definition) is 4. The molecule has 1 saturated heterocycles. The van der Waals surface area contributed by atoms with Crippen molar-refractivity contribution in [3.63, 3.8) is 0 Å². The Morgan fingerprint density at radius 2 is 1.71 bits per heavy atom. The van der Waals surface area contributed by atoms with Crippen molar-refractivity contribution in [2.45, 2.75) is 18.9 Å². The Labute approximate surface area is 212 Å². The van der Waals surface area contributed by atoms with E-state index < -0.39 is 6.04 Å². The van der Waals surface area contributed by atoms with Gasteiger partial charge in [-0.05, 0) is 72.7 Å². The molecule has 1 heterocycles. The Hall–Kier alpha value is -3.23. The van der Waals surface area contributed by atoms with Crippen molar-refractivity contribution in [3.05, 3.63) is 88.9 Å². The van der Waals surface area contributed by atoms with Gasteiger partial charge in [0.25, 0.3) is 5.91 Å². The van der Waals surface area contributed by atoms with Crippen LogP contribution in [-0.2, 0) is 16.0 Å². The number of methoxy groups -OCH3 is 1. The summed E-state index contributed by atoms with van der Waals surface area (Å²) in [7, 11) is 1.59. The lowest BCUT2D eigenvalue weighted by molar-refractivity contribution is -0.124. The van der Waals surface area contributed by atoms with Crippen LogP contribution >= 0.6 is 28.1 Å². The number of benzene rings is 3. The van der Waals surface area contributed by atoms with Crippen LogP contribution in [0.4, 0.5) is 11.4 Å². The number of carbonyl (C=O) groups excluding carboxylic acids is 2. The van der Waals surface area contributed by atoms with E-state index in [9.17, 15) is 9.59 Å². The van der Waals surface area contributed by atoms with Gasteiger partial charge in [-0.2, -0.15) is 0 Å². The Bertz CT molecular complexity index is 1170. The Kier molecular flexibility index (Phi) is 7.59. The zero-order valence-electron chi connectivity index (χ0n) is 18.6. The van der Waals surface area contributed by atoms with Crippen LogP contribution in [0.15, 0.2) is 83.3 Å². The van der Waals surface area contributed by atoms with E-state index in [1.54, 1.807) is 43.5 Å². The zero-order chi connectivity index (χ0) is 24.1. The maximum Gasteiger partial charge on any atom is 0.256 e. The molecule has 2 amide bonds. The molecule has 0 saturated carbocycles. The summed E-state index contributed by atoms with van der Waals surface area (Å²) in [6.45, 7) is 0.525. The highest BCUT2D eigenvalue weighted by atomic mass is 79.9.